The highest BCUT2D eigenvalue weighted by Gasteiger charge is 2.09. The maximum absolute atomic E-state index is 5.59. The van der Waals surface area contributed by atoms with Crippen LogP contribution in [-0.2, 0) is 4.74 Å². The van der Waals surface area contributed by atoms with Gasteiger partial charge in [0.15, 0.2) is 0 Å². The number of hydrogen-bond acceptors (Lipinski definition) is 2. The fourth-order valence-corrected chi connectivity index (χ4v) is 1.35. The summed E-state index contributed by atoms with van der Waals surface area (Å²) in [6.45, 7) is 6.07. The minimum Gasteiger partial charge on any atom is -0.384 e. The Morgan fingerprint density at radius 1 is 1.45 bits per heavy atom. The first-order valence-electron chi connectivity index (χ1n) is 4.43. The third kappa shape index (κ3) is 5.22. The van der Waals surface area contributed by atoms with Crippen molar-refractivity contribution < 1.29 is 4.74 Å². The summed E-state index contributed by atoms with van der Waals surface area (Å²) in [4.78, 5) is 0. The summed E-state index contributed by atoms with van der Waals surface area (Å²) < 4.78 is 5.05. The van der Waals surface area contributed by atoms with E-state index in [2.05, 4.69) is 13.8 Å². The van der Waals surface area contributed by atoms with Crippen LogP contribution in [0.15, 0.2) is 0 Å². The van der Waals surface area contributed by atoms with E-state index in [9.17, 15) is 0 Å². The molecule has 0 aromatic carbocycles. The smallest absolute Gasteiger partial charge is 0.0487 e. The Balaban J connectivity index is 3.44. The lowest BCUT2D eigenvalue weighted by Gasteiger charge is -2.16. The van der Waals surface area contributed by atoms with Gasteiger partial charge in [0.1, 0.15) is 0 Å². The molecule has 0 aliphatic rings. The van der Waals surface area contributed by atoms with E-state index in [0.717, 1.165) is 13.2 Å². The molecule has 1 unspecified atom stereocenters. The topological polar surface area (TPSA) is 35.2 Å². The SMILES string of the molecule is CC[C@@H](CN)CC(C)COC. The molecular formula is C9H21NO. The van der Waals surface area contributed by atoms with Crippen molar-refractivity contribution in [3.05, 3.63) is 0 Å². The molecule has 0 spiro atoms. The van der Waals surface area contributed by atoms with E-state index < -0.39 is 0 Å². The minimum absolute atomic E-state index is 0.647. The van der Waals surface area contributed by atoms with Crippen LogP contribution in [0.3, 0.4) is 0 Å². The van der Waals surface area contributed by atoms with Gasteiger partial charge in [-0.25, -0.2) is 0 Å². The van der Waals surface area contributed by atoms with Crippen molar-refractivity contribution in [2.24, 2.45) is 17.6 Å². The second-order valence-electron chi connectivity index (χ2n) is 3.31. The van der Waals surface area contributed by atoms with Crippen LogP contribution in [-0.4, -0.2) is 20.3 Å². The molecule has 2 nitrogen and oxygen atoms in total. The van der Waals surface area contributed by atoms with Crippen LogP contribution < -0.4 is 5.73 Å². The third-order valence-corrected chi connectivity index (χ3v) is 2.10. The van der Waals surface area contributed by atoms with Gasteiger partial charge in [-0.1, -0.05) is 20.3 Å². The van der Waals surface area contributed by atoms with E-state index in [1.165, 1.54) is 12.8 Å². The van der Waals surface area contributed by atoms with Crippen molar-refractivity contribution in [1.29, 1.82) is 0 Å². The highest BCUT2D eigenvalue weighted by atomic mass is 16.5. The van der Waals surface area contributed by atoms with Crippen LogP contribution in [0, 0.1) is 11.8 Å². The van der Waals surface area contributed by atoms with Gasteiger partial charge in [0.05, 0.1) is 0 Å². The lowest BCUT2D eigenvalue weighted by molar-refractivity contribution is 0.146. The summed E-state index contributed by atoms with van der Waals surface area (Å²) in [5, 5.41) is 0. The molecule has 0 bridgehead atoms. The van der Waals surface area contributed by atoms with Crippen LogP contribution in [0.4, 0.5) is 0 Å². The van der Waals surface area contributed by atoms with Gasteiger partial charge in [0.2, 0.25) is 0 Å². The Kier molecular flexibility index (Phi) is 6.57. The number of nitrogens with two attached hydrogens (primary N) is 1. The van der Waals surface area contributed by atoms with Crippen molar-refractivity contribution in [3.63, 3.8) is 0 Å². The molecule has 0 aliphatic carbocycles. The zero-order chi connectivity index (χ0) is 8.69. The fraction of sp³-hybridized carbons (Fsp3) is 1.00. The molecule has 2 heteroatoms. The van der Waals surface area contributed by atoms with Gasteiger partial charge in [0.25, 0.3) is 0 Å². The van der Waals surface area contributed by atoms with Crippen molar-refractivity contribution in [3.8, 4) is 0 Å². The van der Waals surface area contributed by atoms with Crippen LogP contribution in [0.5, 0.6) is 0 Å². The summed E-state index contributed by atoms with van der Waals surface area (Å²) in [6, 6.07) is 0. The normalized spacial score (nSPS) is 16.4. The van der Waals surface area contributed by atoms with Crippen LogP contribution in [0.1, 0.15) is 26.7 Å². The van der Waals surface area contributed by atoms with E-state index in [4.69, 9.17) is 10.5 Å². The minimum atomic E-state index is 0.647. The Labute approximate surface area is 70.1 Å². The molecule has 0 radical (unpaired) electrons. The number of ether oxygens (including phenoxy) is 1. The molecule has 0 rings (SSSR count). The fourth-order valence-electron chi connectivity index (χ4n) is 1.35. The highest BCUT2D eigenvalue weighted by molar-refractivity contribution is 4.62. The zero-order valence-electron chi connectivity index (χ0n) is 7.97. The Hall–Kier alpha value is -0.0800. The molecule has 0 heterocycles. The second kappa shape index (κ2) is 6.62. The molecule has 68 valence electrons. The highest BCUT2D eigenvalue weighted by Crippen LogP contribution is 2.14. The predicted octanol–water partition coefficient (Wildman–Crippen LogP) is 1.64. The summed E-state index contributed by atoms with van der Waals surface area (Å²) in [5.41, 5.74) is 5.59. The standard InChI is InChI=1S/C9H21NO/c1-4-9(6-10)5-8(2)7-11-3/h8-9H,4-7,10H2,1-3H3/t8?,9-/m1/s1. The average molecular weight is 159 g/mol. The van der Waals surface area contributed by atoms with Crippen LogP contribution in [0.25, 0.3) is 0 Å². The second-order valence-corrected chi connectivity index (χ2v) is 3.31. The quantitative estimate of drug-likeness (QED) is 0.639. The molecule has 0 saturated heterocycles. The van der Waals surface area contributed by atoms with Gasteiger partial charge in [0, 0.05) is 13.7 Å². The molecule has 11 heavy (non-hydrogen) atoms. The zero-order valence-corrected chi connectivity index (χ0v) is 7.97. The molecule has 0 aromatic heterocycles. The van der Waals surface area contributed by atoms with Gasteiger partial charge in [-0.15, -0.1) is 0 Å². The first-order chi connectivity index (χ1) is 5.24. The van der Waals surface area contributed by atoms with Gasteiger partial charge in [-0.2, -0.15) is 0 Å². The number of hydrogen-bond donors (Lipinski definition) is 1. The predicted molar refractivity (Wildman–Crippen MR) is 48.5 cm³/mol. The van der Waals surface area contributed by atoms with E-state index in [1.807, 2.05) is 0 Å². The maximum atomic E-state index is 5.59. The van der Waals surface area contributed by atoms with Crippen molar-refractivity contribution in [1.82, 2.24) is 0 Å². The summed E-state index contributed by atoms with van der Waals surface area (Å²) in [7, 11) is 1.75. The van der Waals surface area contributed by atoms with E-state index >= 15 is 0 Å². The van der Waals surface area contributed by atoms with E-state index in [0.29, 0.717) is 11.8 Å². The summed E-state index contributed by atoms with van der Waals surface area (Å²) in [5.74, 6) is 1.33. The number of methoxy groups -OCH3 is 1. The maximum Gasteiger partial charge on any atom is 0.0487 e. The molecule has 2 N–H and O–H groups in total. The largest absolute Gasteiger partial charge is 0.384 e. The monoisotopic (exact) mass is 159 g/mol. The van der Waals surface area contributed by atoms with Gasteiger partial charge >= 0.3 is 0 Å². The van der Waals surface area contributed by atoms with Crippen molar-refractivity contribution >= 4 is 0 Å². The van der Waals surface area contributed by atoms with Crippen molar-refractivity contribution in [2.45, 2.75) is 26.7 Å². The molecule has 0 amide bonds. The van der Waals surface area contributed by atoms with Crippen LogP contribution >= 0.6 is 0 Å². The lowest BCUT2D eigenvalue weighted by atomic mass is 9.94. The molecule has 0 aromatic rings. The molecule has 2 atom stereocenters. The summed E-state index contributed by atoms with van der Waals surface area (Å²) in [6.07, 6.45) is 2.38. The Bertz CT molecular complexity index is 81.6. The van der Waals surface area contributed by atoms with Crippen molar-refractivity contribution in [2.75, 3.05) is 20.3 Å². The van der Waals surface area contributed by atoms with E-state index in [1.54, 1.807) is 7.11 Å². The Morgan fingerprint density at radius 2 is 2.09 bits per heavy atom. The van der Waals surface area contributed by atoms with Gasteiger partial charge < -0.3 is 10.5 Å². The van der Waals surface area contributed by atoms with Gasteiger partial charge in [-0.05, 0) is 24.8 Å². The summed E-state index contributed by atoms with van der Waals surface area (Å²) >= 11 is 0. The molecule has 0 aliphatic heterocycles. The van der Waals surface area contributed by atoms with E-state index in [-0.39, 0.29) is 0 Å². The molecule has 0 saturated carbocycles. The number of rotatable bonds is 6. The first kappa shape index (κ1) is 10.9. The molecule has 0 fully saturated rings. The third-order valence-electron chi connectivity index (χ3n) is 2.10. The molecular weight excluding hydrogens is 138 g/mol. The average Bonchev–Trinajstić information content (AvgIpc) is 2.01. The van der Waals surface area contributed by atoms with Crippen LogP contribution in [0.2, 0.25) is 0 Å². The lowest BCUT2D eigenvalue weighted by Crippen LogP contribution is -2.18. The van der Waals surface area contributed by atoms with Gasteiger partial charge in [-0.3, -0.25) is 0 Å². The Morgan fingerprint density at radius 3 is 2.45 bits per heavy atom. The first-order valence-corrected chi connectivity index (χ1v) is 4.43.